The van der Waals surface area contributed by atoms with Crippen molar-refractivity contribution >= 4 is 5.82 Å². The van der Waals surface area contributed by atoms with Gasteiger partial charge in [0.25, 0.3) is 5.56 Å². The van der Waals surface area contributed by atoms with Gasteiger partial charge in [-0.2, -0.15) is 0 Å². The Morgan fingerprint density at radius 3 is 3.17 bits per heavy atom. The fraction of sp³-hybridized carbons (Fsp3) is 0.667. The van der Waals surface area contributed by atoms with E-state index in [1.165, 1.54) is 6.42 Å². The molecule has 18 heavy (non-hydrogen) atoms. The molecule has 0 amide bonds. The molecule has 0 aromatic carbocycles. The first-order valence-electron chi connectivity index (χ1n) is 6.32. The van der Waals surface area contributed by atoms with Gasteiger partial charge in [-0.15, -0.1) is 0 Å². The van der Waals surface area contributed by atoms with Crippen LogP contribution in [0.1, 0.15) is 12.8 Å². The van der Waals surface area contributed by atoms with Crippen molar-refractivity contribution in [3.63, 3.8) is 0 Å². The van der Waals surface area contributed by atoms with Gasteiger partial charge >= 0.3 is 0 Å². The zero-order chi connectivity index (χ0) is 12.8. The number of anilines is 1. The molecule has 2 rings (SSSR count). The molecule has 1 aliphatic rings. The van der Waals surface area contributed by atoms with E-state index in [2.05, 4.69) is 15.3 Å². The fourth-order valence-electron chi connectivity index (χ4n) is 2.23. The van der Waals surface area contributed by atoms with Gasteiger partial charge in [-0.3, -0.25) is 4.79 Å². The average Bonchev–Trinajstić information content (AvgIpc) is 2.88. The van der Waals surface area contributed by atoms with E-state index in [-0.39, 0.29) is 5.56 Å². The molecule has 6 heteroatoms. The van der Waals surface area contributed by atoms with Crippen LogP contribution in [0.5, 0.6) is 0 Å². The van der Waals surface area contributed by atoms with Crippen molar-refractivity contribution in [3.05, 3.63) is 22.7 Å². The van der Waals surface area contributed by atoms with E-state index in [1.807, 2.05) is 4.90 Å². The maximum atomic E-state index is 11.8. The number of H-pyrrole nitrogens is 1. The highest BCUT2D eigenvalue weighted by Gasteiger charge is 2.20. The minimum absolute atomic E-state index is 0.147. The Kier molecular flexibility index (Phi) is 4.72. The molecule has 1 aliphatic heterocycles. The largest absolute Gasteiger partial charge is 0.383 e. The van der Waals surface area contributed by atoms with Crippen LogP contribution >= 0.6 is 0 Å². The standard InChI is InChI=1S/C12H20N4O2/c1-18-8-7-16(9-10-3-2-4-13-10)11-12(17)15-6-5-14-11/h5-6,10,13H,2-4,7-9H2,1H3,(H,15,17). The summed E-state index contributed by atoms with van der Waals surface area (Å²) in [6, 6.07) is 0.434. The van der Waals surface area contributed by atoms with Crippen LogP contribution in [0.4, 0.5) is 5.82 Å². The van der Waals surface area contributed by atoms with Gasteiger partial charge in [0.2, 0.25) is 0 Å². The van der Waals surface area contributed by atoms with Crippen molar-refractivity contribution in [1.82, 2.24) is 15.3 Å². The molecule has 1 aromatic heterocycles. The third kappa shape index (κ3) is 3.30. The van der Waals surface area contributed by atoms with E-state index in [0.29, 0.717) is 25.0 Å². The van der Waals surface area contributed by atoms with E-state index in [1.54, 1.807) is 19.5 Å². The van der Waals surface area contributed by atoms with E-state index in [4.69, 9.17) is 4.74 Å². The monoisotopic (exact) mass is 252 g/mol. The number of nitrogens with one attached hydrogen (secondary N) is 2. The number of hydrogen-bond donors (Lipinski definition) is 2. The second kappa shape index (κ2) is 6.51. The van der Waals surface area contributed by atoms with Gasteiger partial charge in [0.15, 0.2) is 5.82 Å². The van der Waals surface area contributed by atoms with E-state index in [9.17, 15) is 4.79 Å². The number of hydrogen-bond acceptors (Lipinski definition) is 5. The van der Waals surface area contributed by atoms with Crippen LogP contribution in [0.2, 0.25) is 0 Å². The number of nitrogens with zero attached hydrogens (tertiary/aromatic N) is 2. The predicted octanol–water partition coefficient (Wildman–Crippen LogP) is -0.0253. The fourth-order valence-corrected chi connectivity index (χ4v) is 2.23. The van der Waals surface area contributed by atoms with Crippen LogP contribution in [-0.2, 0) is 4.74 Å². The molecule has 2 heterocycles. The summed E-state index contributed by atoms with van der Waals surface area (Å²) in [5.41, 5.74) is -0.147. The smallest absolute Gasteiger partial charge is 0.290 e. The van der Waals surface area contributed by atoms with Crippen molar-refractivity contribution < 1.29 is 4.74 Å². The normalized spacial score (nSPS) is 19.1. The van der Waals surface area contributed by atoms with Crippen molar-refractivity contribution in [2.75, 3.05) is 38.3 Å². The third-order valence-electron chi connectivity index (χ3n) is 3.16. The first kappa shape index (κ1) is 13.0. The van der Waals surface area contributed by atoms with Gasteiger partial charge in [-0.1, -0.05) is 0 Å². The van der Waals surface area contributed by atoms with Crippen LogP contribution < -0.4 is 15.8 Å². The quantitative estimate of drug-likeness (QED) is 0.744. The lowest BCUT2D eigenvalue weighted by molar-refractivity contribution is 0.204. The maximum absolute atomic E-state index is 11.8. The Morgan fingerprint density at radius 2 is 2.50 bits per heavy atom. The summed E-state index contributed by atoms with van der Waals surface area (Å²) in [5.74, 6) is 0.475. The van der Waals surface area contributed by atoms with Crippen molar-refractivity contribution in [2.24, 2.45) is 0 Å². The van der Waals surface area contributed by atoms with E-state index >= 15 is 0 Å². The summed E-state index contributed by atoms with van der Waals surface area (Å²) in [4.78, 5) is 20.6. The van der Waals surface area contributed by atoms with Crippen LogP contribution in [0.3, 0.4) is 0 Å². The molecule has 1 aromatic rings. The Morgan fingerprint density at radius 1 is 1.61 bits per heavy atom. The zero-order valence-electron chi connectivity index (χ0n) is 10.7. The summed E-state index contributed by atoms with van der Waals surface area (Å²) in [6.45, 7) is 3.11. The lowest BCUT2D eigenvalue weighted by atomic mass is 10.2. The summed E-state index contributed by atoms with van der Waals surface area (Å²) < 4.78 is 5.10. The number of aromatic nitrogens is 2. The molecule has 0 radical (unpaired) electrons. The molecule has 1 fully saturated rings. The maximum Gasteiger partial charge on any atom is 0.290 e. The van der Waals surface area contributed by atoms with E-state index in [0.717, 1.165) is 19.5 Å². The molecule has 0 saturated carbocycles. The molecule has 0 aliphatic carbocycles. The summed E-state index contributed by atoms with van der Waals surface area (Å²) in [5, 5.41) is 3.43. The lowest BCUT2D eigenvalue weighted by Gasteiger charge is -2.25. The van der Waals surface area contributed by atoms with Crippen LogP contribution in [-0.4, -0.2) is 49.4 Å². The highest BCUT2D eigenvalue weighted by atomic mass is 16.5. The molecule has 1 atom stereocenters. The Hall–Kier alpha value is -1.40. The summed E-state index contributed by atoms with van der Waals surface area (Å²) in [7, 11) is 1.66. The van der Waals surface area contributed by atoms with Gasteiger partial charge in [0, 0.05) is 38.6 Å². The molecule has 100 valence electrons. The van der Waals surface area contributed by atoms with Gasteiger partial charge in [-0.05, 0) is 19.4 Å². The summed E-state index contributed by atoms with van der Waals surface area (Å²) >= 11 is 0. The highest BCUT2D eigenvalue weighted by molar-refractivity contribution is 5.35. The van der Waals surface area contributed by atoms with Crippen LogP contribution in [0, 0.1) is 0 Å². The summed E-state index contributed by atoms with van der Waals surface area (Å²) in [6.07, 6.45) is 5.50. The van der Waals surface area contributed by atoms with Crippen molar-refractivity contribution in [2.45, 2.75) is 18.9 Å². The van der Waals surface area contributed by atoms with Gasteiger partial charge in [-0.25, -0.2) is 4.98 Å². The number of aromatic amines is 1. The topological polar surface area (TPSA) is 70.2 Å². The molecule has 0 spiro atoms. The first-order chi connectivity index (χ1) is 8.81. The lowest BCUT2D eigenvalue weighted by Crippen LogP contribution is -2.42. The van der Waals surface area contributed by atoms with Crippen molar-refractivity contribution in [3.8, 4) is 0 Å². The SMILES string of the molecule is COCCN(CC1CCCN1)c1ncc[nH]c1=O. The van der Waals surface area contributed by atoms with E-state index < -0.39 is 0 Å². The molecular formula is C12H20N4O2. The van der Waals surface area contributed by atoms with Crippen molar-refractivity contribution in [1.29, 1.82) is 0 Å². The molecule has 1 saturated heterocycles. The van der Waals surface area contributed by atoms with Crippen LogP contribution in [0.25, 0.3) is 0 Å². The number of rotatable bonds is 6. The third-order valence-corrected chi connectivity index (χ3v) is 3.16. The highest BCUT2D eigenvalue weighted by Crippen LogP contribution is 2.10. The number of ether oxygens (including phenoxy) is 1. The first-order valence-corrected chi connectivity index (χ1v) is 6.32. The zero-order valence-corrected chi connectivity index (χ0v) is 10.7. The van der Waals surface area contributed by atoms with Gasteiger partial charge in [0.05, 0.1) is 6.61 Å². The van der Waals surface area contributed by atoms with Gasteiger partial charge < -0.3 is 19.9 Å². The Labute approximate surface area is 106 Å². The molecule has 0 bridgehead atoms. The molecular weight excluding hydrogens is 232 g/mol. The Balaban J connectivity index is 2.08. The number of methoxy groups -OCH3 is 1. The second-order valence-electron chi connectivity index (χ2n) is 4.47. The van der Waals surface area contributed by atoms with Gasteiger partial charge in [0.1, 0.15) is 0 Å². The minimum atomic E-state index is -0.147. The second-order valence-corrected chi connectivity index (χ2v) is 4.47. The van der Waals surface area contributed by atoms with Crippen LogP contribution in [0.15, 0.2) is 17.2 Å². The molecule has 2 N–H and O–H groups in total. The molecule has 1 unspecified atom stereocenters. The Bertz CT molecular complexity index is 415. The average molecular weight is 252 g/mol. The predicted molar refractivity (Wildman–Crippen MR) is 70.0 cm³/mol. The minimum Gasteiger partial charge on any atom is -0.383 e. The molecule has 6 nitrogen and oxygen atoms in total.